The van der Waals surface area contributed by atoms with Crippen LogP contribution in [0.15, 0.2) is 66.6 Å². The topological polar surface area (TPSA) is 0 Å². The Kier molecular flexibility index (Phi) is 5.33. The molecule has 20 heavy (non-hydrogen) atoms. The van der Waals surface area contributed by atoms with Crippen molar-refractivity contribution in [2.45, 2.75) is 13.8 Å². The Morgan fingerprint density at radius 1 is 0.850 bits per heavy atom. The van der Waals surface area contributed by atoms with Crippen LogP contribution in [0.4, 0.5) is 0 Å². The minimum absolute atomic E-state index is 1.10. The van der Waals surface area contributed by atoms with E-state index in [2.05, 4.69) is 48.4 Å². The lowest BCUT2D eigenvalue weighted by Gasteiger charge is -2.02. The molecule has 0 nitrogen and oxygen atoms in total. The SMILES string of the molecule is C=C(c1ccccc1)c1ccc(-c2cccs2)s1.CC. The normalized spacial score (nSPS) is 9.70. The largest absolute Gasteiger partial charge is 0.143 e. The zero-order valence-corrected chi connectivity index (χ0v) is 13.4. The summed E-state index contributed by atoms with van der Waals surface area (Å²) in [6, 6.07) is 18.9. The molecule has 1 aromatic carbocycles. The number of rotatable bonds is 3. The van der Waals surface area contributed by atoms with E-state index in [0.717, 1.165) is 5.57 Å². The molecule has 0 aliphatic carbocycles. The Hall–Kier alpha value is -1.64. The number of benzene rings is 1. The Morgan fingerprint density at radius 3 is 2.25 bits per heavy atom. The van der Waals surface area contributed by atoms with Crippen LogP contribution >= 0.6 is 22.7 Å². The van der Waals surface area contributed by atoms with Crippen molar-refractivity contribution in [3.8, 4) is 9.75 Å². The summed E-state index contributed by atoms with van der Waals surface area (Å²) < 4.78 is 0. The second-order valence-corrected chi connectivity index (χ2v) is 6.02. The van der Waals surface area contributed by atoms with Gasteiger partial charge < -0.3 is 0 Å². The molecule has 0 aliphatic rings. The maximum absolute atomic E-state index is 4.20. The second kappa shape index (κ2) is 7.22. The van der Waals surface area contributed by atoms with Gasteiger partial charge in [-0.1, -0.05) is 56.8 Å². The van der Waals surface area contributed by atoms with Gasteiger partial charge in [-0.2, -0.15) is 0 Å². The first-order valence-corrected chi connectivity index (χ1v) is 8.42. The van der Waals surface area contributed by atoms with Crippen molar-refractivity contribution in [1.29, 1.82) is 0 Å². The molecular formula is C18H18S2. The fourth-order valence-corrected chi connectivity index (χ4v) is 3.67. The quantitative estimate of drug-likeness (QED) is 0.513. The van der Waals surface area contributed by atoms with Gasteiger partial charge in [0.2, 0.25) is 0 Å². The van der Waals surface area contributed by atoms with Crippen LogP contribution in [-0.2, 0) is 0 Å². The molecule has 0 aliphatic heterocycles. The maximum atomic E-state index is 4.20. The maximum Gasteiger partial charge on any atom is 0.0449 e. The summed E-state index contributed by atoms with van der Waals surface area (Å²) in [5.74, 6) is 0. The standard InChI is InChI=1S/C16H12S2.C2H6/c1-12(13-6-3-2-4-7-13)14-9-10-16(18-14)15-8-5-11-17-15;1-2/h2-11H,1H2;1-2H3. The third kappa shape index (κ3) is 3.27. The summed E-state index contributed by atoms with van der Waals surface area (Å²) >= 11 is 3.58. The molecule has 0 bridgehead atoms. The van der Waals surface area contributed by atoms with E-state index in [1.807, 2.05) is 32.0 Å². The zero-order valence-electron chi connectivity index (χ0n) is 11.8. The van der Waals surface area contributed by atoms with Crippen molar-refractivity contribution >= 4 is 28.2 Å². The van der Waals surface area contributed by atoms with Gasteiger partial charge in [-0.15, -0.1) is 22.7 Å². The van der Waals surface area contributed by atoms with Gasteiger partial charge in [0.15, 0.2) is 0 Å². The monoisotopic (exact) mass is 298 g/mol. The van der Waals surface area contributed by atoms with Crippen molar-refractivity contribution < 1.29 is 0 Å². The molecule has 0 atom stereocenters. The molecule has 0 fully saturated rings. The second-order valence-electron chi connectivity index (χ2n) is 3.99. The molecule has 0 unspecified atom stereocenters. The van der Waals surface area contributed by atoms with Gasteiger partial charge in [-0.25, -0.2) is 0 Å². The Balaban J connectivity index is 0.000000704. The average molecular weight is 298 g/mol. The first-order chi connectivity index (χ1) is 9.84. The van der Waals surface area contributed by atoms with E-state index in [1.165, 1.54) is 20.2 Å². The van der Waals surface area contributed by atoms with Gasteiger partial charge in [-0.05, 0) is 34.7 Å². The van der Waals surface area contributed by atoms with Crippen LogP contribution in [0.25, 0.3) is 15.3 Å². The van der Waals surface area contributed by atoms with Crippen LogP contribution in [0.1, 0.15) is 24.3 Å². The first-order valence-electron chi connectivity index (χ1n) is 6.73. The highest BCUT2D eigenvalue weighted by atomic mass is 32.1. The lowest BCUT2D eigenvalue weighted by molar-refractivity contribution is 1.50. The summed E-state index contributed by atoms with van der Waals surface area (Å²) in [4.78, 5) is 3.88. The molecule has 3 aromatic rings. The summed E-state index contributed by atoms with van der Waals surface area (Å²) in [5.41, 5.74) is 2.29. The van der Waals surface area contributed by atoms with E-state index in [0.29, 0.717) is 0 Å². The Labute approximate surface area is 129 Å². The Morgan fingerprint density at radius 2 is 1.60 bits per heavy atom. The third-order valence-corrected chi connectivity index (χ3v) is 5.00. The predicted molar refractivity (Wildman–Crippen MR) is 93.6 cm³/mol. The minimum atomic E-state index is 1.10. The van der Waals surface area contributed by atoms with E-state index >= 15 is 0 Å². The molecule has 2 aromatic heterocycles. The molecule has 0 N–H and O–H groups in total. The molecule has 3 rings (SSSR count). The van der Waals surface area contributed by atoms with Crippen molar-refractivity contribution in [3.05, 3.63) is 77.0 Å². The van der Waals surface area contributed by atoms with E-state index < -0.39 is 0 Å². The first kappa shape index (κ1) is 14.8. The Bertz CT molecular complexity index is 646. The van der Waals surface area contributed by atoms with Gasteiger partial charge in [0.05, 0.1) is 0 Å². The van der Waals surface area contributed by atoms with Crippen molar-refractivity contribution in [3.63, 3.8) is 0 Å². The number of hydrogen-bond donors (Lipinski definition) is 0. The van der Waals surface area contributed by atoms with Crippen molar-refractivity contribution in [1.82, 2.24) is 0 Å². The number of thiophene rings is 2. The highest BCUT2D eigenvalue weighted by Crippen LogP contribution is 2.35. The molecule has 0 spiro atoms. The van der Waals surface area contributed by atoms with E-state index in [4.69, 9.17) is 0 Å². The van der Waals surface area contributed by atoms with Gasteiger partial charge in [0.25, 0.3) is 0 Å². The lowest BCUT2D eigenvalue weighted by atomic mass is 10.1. The minimum Gasteiger partial charge on any atom is -0.143 e. The highest BCUT2D eigenvalue weighted by molar-refractivity contribution is 7.21. The number of hydrogen-bond acceptors (Lipinski definition) is 2. The van der Waals surface area contributed by atoms with Gasteiger partial charge >= 0.3 is 0 Å². The van der Waals surface area contributed by atoms with Crippen LogP contribution in [0.3, 0.4) is 0 Å². The molecule has 102 valence electrons. The smallest absolute Gasteiger partial charge is 0.0449 e. The molecule has 0 saturated heterocycles. The third-order valence-electron chi connectivity index (χ3n) is 2.79. The van der Waals surface area contributed by atoms with E-state index in [9.17, 15) is 0 Å². The van der Waals surface area contributed by atoms with Crippen LogP contribution in [0.2, 0.25) is 0 Å². The molecule has 2 heterocycles. The molecule has 0 radical (unpaired) electrons. The van der Waals surface area contributed by atoms with E-state index in [-0.39, 0.29) is 0 Å². The summed E-state index contributed by atoms with van der Waals surface area (Å²) in [7, 11) is 0. The average Bonchev–Trinajstić information content (AvgIpc) is 3.20. The molecule has 0 amide bonds. The van der Waals surface area contributed by atoms with Crippen LogP contribution in [0.5, 0.6) is 0 Å². The fourth-order valence-electron chi connectivity index (χ4n) is 1.83. The highest BCUT2D eigenvalue weighted by Gasteiger charge is 2.07. The van der Waals surface area contributed by atoms with Crippen molar-refractivity contribution in [2.75, 3.05) is 0 Å². The molecular weight excluding hydrogens is 280 g/mol. The summed E-state index contributed by atoms with van der Waals surface area (Å²) in [6.07, 6.45) is 0. The lowest BCUT2D eigenvalue weighted by Crippen LogP contribution is -1.80. The molecule has 2 heteroatoms. The van der Waals surface area contributed by atoms with E-state index in [1.54, 1.807) is 22.7 Å². The zero-order chi connectivity index (χ0) is 14.4. The van der Waals surface area contributed by atoms with Gasteiger partial charge in [-0.3, -0.25) is 0 Å². The van der Waals surface area contributed by atoms with Gasteiger partial charge in [0, 0.05) is 14.6 Å². The molecule has 0 saturated carbocycles. The van der Waals surface area contributed by atoms with Crippen LogP contribution in [-0.4, -0.2) is 0 Å². The van der Waals surface area contributed by atoms with Crippen LogP contribution in [0, 0.1) is 0 Å². The summed E-state index contributed by atoms with van der Waals surface area (Å²) in [5, 5.41) is 2.11. The summed E-state index contributed by atoms with van der Waals surface area (Å²) in [6.45, 7) is 8.20. The van der Waals surface area contributed by atoms with Crippen molar-refractivity contribution in [2.24, 2.45) is 0 Å². The van der Waals surface area contributed by atoms with Crippen LogP contribution < -0.4 is 0 Å². The fraction of sp³-hybridized carbons (Fsp3) is 0.111. The predicted octanol–water partition coefficient (Wildman–Crippen LogP) is 6.56. The van der Waals surface area contributed by atoms with Gasteiger partial charge in [0.1, 0.15) is 0 Å².